The average molecular weight is 407 g/mol. The van der Waals surface area contributed by atoms with Gasteiger partial charge in [-0.3, -0.25) is 14.8 Å². The van der Waals surface area contributed by atoms with Crippen molar-refractivity contribution in [2.45, 2.75) is 33.1 Å². The van der Waals surface area contributed by atoms with E-state index in [1.54, 1.807) is 30.9 Å². The summed E-state index contributed by atoms with van der Waals surface area (Å²) < 4.78 is 6.78. The van der Waals surface area contributed by atoms with Gasteiger partial charge in [-0.25, -0.2) is 4.79 Å². The van der Waals surface area contributed by atoms with Gasteiger partial charge in [-0.05, 0) is 56.0 Å². The summed E-state index contributed by atoms with van der Waals surface area (Å²) >= 11 is 6.78. The summed E-state index contributed by atoms with van der Waals surface area (Å²) in [5.74, 6) is -0.179. The predicted octanol–water partition coefficient (Wildman–Crippen LogP) is 2.91. The number of carbonyl (C=O) groups excluding carboxylic acids is 2. The minimum Gasteiger partial charge on any atom is -0.462 e. The second-order valence-corrected chi connectivity index (χ2v) is 8.07. The first-order valence-corrected chi connectivity index (χ1v) is 10.0. The standard InChI is InChI=1S/C18H22N4O3S2/c1-4-25-17(24)14-11-6-5-10(2)9-13(11)27-16(14)20-18(26)19-15(23)12-7-8-22(3)21-12/h7-8,10H,4-6,9H2,1-3H3,(H2,19,20,23,26)/t10-/m0/s1. The molecule has 144 valence electrons. The molecular formula is C18H22N4O3S2. The molecule has 7 nitrogen and oxygen atoms in total. The minimum atomic E-state index is -0.402. The van der Waals surface area contributed by atoms with Gasteiger partial charge in [-0.2, -0.15) is 5.10 Å². The molecule has 0 saturated heterocycles. The summed E-state index contributed by atoms with van der Waals surface area (Å²) in [4.78, 5) is 25.9. The molecule has 2 heterocycles. The lowest BCUT2D eigenvalue weighted by Gasteiger charge is -2.18. The molecule has 0 fully saturated rings. The third-order valence-electron chi connectivity index (χ3n) is 4.39. The molecular weight excluding hydrogens is 384 g/mol. The first-order chi connectivity index (χ1) is 12.9. The molecule has 1 atom stereocenters. The fourth-order valence-corrected chi connectivity index (χ4v) is 4.76. The molecule has 2 N–H and O–H groups in total. The van der Waals surface area contributed by atoms with Crippen LogP contribution in [0.1, 0.15) is 51.6 Å². The highest BCUT2D eigenvalue weighted by Crippen LogP contribution is 2.40. The number of rotatable bonds is 4. The third kappa shape index (κ3) is 4.36. The Bertz CT molecular complexity index is 887. The van der Waals surface area contributed by atoms with Crippen LogP contribution in [0.25, 0.3) is 0 Å². The number of esters is 1. The number of fused-ring (bicyclic) bond motifs is 1. The fourth-order valence-electron chi connectivity index (χ4n) is 3.10. The van der Waals surface area contributed by atoms with E-state index in [0.29, 0.717) is 23.1 Å². The normalized spacial score (nSPS) is 15.7. The van der Waals surface area contributed by atoms with Gasteiger partial charge in [0.1, 0.15) is 5.00 Å². The Morgan fingerprint density at radius 3 is 2.93 bits per heavy atom. The van der Waals surface area contributed by atoms with Gasteiger partial charge in [0.2, 0.25) is 0 Å². The molecule has 0 saturated carbocycles. The van der Waals surface area contributed by atoms with E-state index in [0.717, 1.165) is 24.8 Å². The second kappa shape index (κ2) is 8.18. The van der Waals surface area contributed by atoms with Crippen molar-refractivity contribution < 1.29 is 14.3 Å². The smallest absolute Gasteiger partial charge is 0.341 e. The van der Waals surface area contributed by atoms with E-state index in [1.807, 2.05) is 0 Å². The Hall–Kier alpha value is -2.26. The van der Waals surface area contributed by atoms with Crippen LogP contribution in [0.4, 0.5) is 5.00 Å². The van der Waals surface area contributed by atoms with E-state index in [9.17, 15) is 9.59 Å². The van der Waals surface area contributed by atoms with Gasteiger partial charge < -0.3 is 10.1 Å². The van der Waals surface area contributed by atoms with E-state index in [-0.39, 0.29) is 16.8 Å². The van der Waals surface area contributed by atoms with E-state index in [4.69, 9.17) is 17.0 Å². The number of anilines is 1. The van der Waals surface area contributed by atoms with E-state index in [2.05, 4.69) is 22.7 Å². The molecule has 0 spiro atoms. The summed E-state index contributed by atoms with van der Waals surface area (Å²) in [6, 6.07) is 1.60. The van der Waals surface area contributed by atoms with Crippen LogP contribution in [-0.4, -0.2) is 33.4 Å². The van der Waals surface area contributed by atoms with Crippen LogP contribution < -0.4 is 10.6 Å². The summed E-state index contributed by atoms with van der Waals surface area (Å²) in [6.45, 7) is 4.29. The number of amides is 1. The van der Waals surface area contributed by atoms with Crippen molar-refractivity contribution in [3.63, 3.8) is 0 Å². The molecule has 1 aliphatic rings. The third-order valence-corrected chi connectivity index (χ3v) is 5.77. The lowest BCUT2D eigenvalue weighted by molar-refractivity contribution is 0.0526. The van der Waals surface area contributed by atoms with Crippen LogP contribution in [0.5, 0.6) is 0 Å². The van der Waals surface area contributed by atoms with Crippen molar-refractivity contribution >= 4 is 45.5 Å². The fraction of sp³-hybridized carbons (Fsp3) is 0.444. The molecule has 0 aromatic carbocycles. The van der Waals surface area contributed by atoms with Crippen molar-refractivity contribution in [3.05, 3.63) is 34.0 Å². The Morgan fingerprint density at radius 1 is 1.48 bits per heavy atom. The number of hydrogen-bond acceptors (Lipinski definition) is 6. The molecule has 2 aromatic rings. The number of carbonyl (C=O) groups is 2. The van der Waals surface area contributed by atoms with Gasteiger partial charge in [-0.1, -0.05) is 6.92 Å². The number of thiophene rings is 1. The Kier molecular flexibility index (Phi) is 5.91. The van der Waals surface area contributed by atoms with Crippen LogP contribution in [-0.2, 0) is 24.6 Å². The number of nitrogens with zero attached hydrogens (tertiary/aromatic N) is 2. The van der Waals surface area contributed by atoms with Gasteiger partial charge in [0.15, 0.2) is 10.8 Å². The number of ether oxygens (including phenoxy) is 1. The molecule has 1 aliphatic carbocycles. The predicted molar refractivity (Wildman–Crippen MR) is 108 cm³/mol. The number of nitrogens with one attached hydrogen (secondary N) is 2. The molecule has 9 heteroatoms. The quantitative estimate of drug-likeness (QED) is 0.600. The molecule has 0 unspecified atom stereocenters. The van der Waals surface area contributed by atoms with Gasteiger partial charge in [0.05, 0.1) is 12.2 Å². The lowest BCUT2D eigenvalue weighted by Crippen LogP contribution is -2.34. The highest BCUT2D eigenvalue weighted by Gasteiger charge is 2.29. The van der Waals surface area contributed by atoms with E-state index in [1.165, 1.54) is 16.2 Å². The van der Waals surface area contributed by atoms with Crippen LogP contribution in [0.3, 0.4) is 0 Å². The zero-order valence-electron chi connectivity index (χ0n) is 15.5. The van der Waals surface area contributed by atoms with Gasteiger partial charge in [0.25, 0.3) is 5.91 Å². The SMILES string of the molecule is CCOC(=O)c1c(NC(=S)NC(=O)c2ccn(C)n2)sc2c1CC[C@H](C)C2. The van der Waals surface area contributed by atoms with Crippen LogP contribution in [0, 0.1) is 5.92 Å². The van der Waals surface area contributed by atoms with Gasteiger partial charge >= 0.3 is 5.97 Å². The van der Waals surface area contributed by atoms with Crippen LogP contribution in [0.2, 0.25) is 0 Å². The number of thiocarbonyl (C=S) groups is 1. The Labute approximate surface area is 167 Å². The van der Waals surface area contributed by atoms with Crippen molar-refractivity contribution in [1.82, 2.24) is 15.1 Å². The molecule has 0 aliphatic heterocycles. The monoisotopic (exact) mass is 406 g/mol. The van der Waals surface area contributed by atoms with Crippen LogP contribution in [0.15, 0.2) is 12.3 Å². The lowest BCUT2D eigenvalue weighted by atomic mass is 9.88. The van der Waals surface area contributed by atoms with Crippen molar-refractivity contribution in [3.8, 4) is 0 Å². The Balaban J connectivity index is 1.79. The Morgan fingerprint density at radius 2 is 2.26 bits per heavy atom. The van der Waals surface area contributed by atoms with Crippen molar-refractivity contribution in [2.75, 3.05) is 11.9 Å². The maximum Gasteiger partial charge on any atom is 0.341 e. The highest BCUT2D eigenvalue weighted by atomic mass is 32.1. The topological polar surface area (TPSA) is 85.3 Å². The van der Waals surface area contributed by atoms with E-state index >= 15 is 0 Å². The number of aromatic nitrogens is 2. The average Bonchev–Trinajstić information content (AvgIpc) is 3.17. The summed E-state index contributed by atoms with van der Waals surface area (Å²) in [5, 5.41) is 10.4. The molecule has 0 bridgehead atoms. The summed E-state index contributed by atoms with van der Waals surface area (Å²) in [5.41, 5.74) is 1.85. The highest BCUT2D eigenvalue weighted by molar-refractivity contribution is 7.80. The molecule has 1 amide bonds. The van der Waals surface area contributed by atoms with Crippen LogP contribution >= 0.6 is 23.6 Å². The van der Waals surface area contributed by atoms with Gasteiger partial charge in [-0.15, -0.1) is 11.3 Å². The van der Waals surface area contributed by atoms with Gasteiger partial charge in [0, 0.05) is 18.1 Å². The largest absolute Gasteiger partial charge is 0.462 e. The zero-order valence-corrected chi connectivity index (χ0v) is 17.1. The summed E-state index contributed by atoms with van der Waals surface area (Å²) in [6.07, 6.45) is 4.49. The summed E-state index contributed by atoms with van der Waals surface area (Å²) in [7, 11) is 1.73. The van der Waals surface area contributed by atoms with E-state index < -0.39 is 5.91 Å². The molecule has 0 radical (unpaired) electrons. The van der Waals surface area contributed by atoms with Crippen molar-refractivity contribution in [1.29, 1.82) is 0 Å². The van der Waals surface area contributed by atoms with Crippen molar-refractivity contribution in [2.24, 2.45) is 13.0 Å². The number of hydrogen-bond donors (Lipinski definition) is 2. The minimum absolute atomic E-state index is 0.128. The molecule has 27 heavy (non-hydrogen) atoms. The molecule has 3 rings (SSSR count). The maximum atomic E-state index is 12.5. The zero-order chi connectivity index (χ0) is 19.6. The second-order valence-electron chi connectivity index (χ2n) is 6.56. The molecule has 2 aromatic heterocycles. The number of aryl methyl sites for hydroxylation is 1. The first-order valence-electron chi connectivity index (χ1n) is 8.82. The first kappa shape index (κ1) is 19.5. The maximum absolute atomic E-state index is 12.5.